The van der Waals surface area contributed by atoms with E-state index in [1.807, 2.05) is 12.1 Å². The van der Waals surface area contributed by atoms with Crippen molar-refractivity contribution < 1.29 is 9.53 Å². The van der Waals surface area contributed by atoms with Crippen LogP contribution in [0.5, 0.6) is 5.88 Å². The van der Waals surface area contributed by atoms with Crippen LogP contribution in [-0.2, 0) is 11.2 Å². The Morgan fingerprint density at radius 1 is 1.47 bits per heavy atom. The number of Topliss-reactive ketones (excluding diaryl/α,β-unsaturated/α-hetero) is 1. The summed E-state index contributed by atoms with van der Waals surface area (Å²) in [6.07, 6.45) is 7.81. The maximum atomic E-state index is 12.1. The number of methoxy groups -OCH3 is 1. The number of pyridine rings is 1. The zero-order valence-electron chi connectivity index (χ0n) is 11.9. The van der Waals surface area contributed by atoms with Gasteiger partial charge in [-0.2, -0.15) is 0 Å². The highest BCUT2D eigenvalue weighted by atomic mass is 16.5. The summed E-state index contributed by atoms with van der Waals surface area (Å²) < 4.78 is 5.27. The molecule has 19 heavy (non-hydrogen) atoms. The van der Waals surface area contributed by atoms with Crippen molar-refractivity contribution in [3.05, 3.63) is 23.9 Å². The second kappa shape index (κ2) is 6.69. The summed E-state index contributed by atoms with van der Waals surface area (Å²) in [4.78, 5) is 16.3. The molecule has 0 saturated heterocycles. The Morgan fingerprint density at radius 2 is 2.32 bits per heavy atom. The lowest BCUT2D eigenvalue weighted by molar-refractivity contribution is -0.125. The van der Waals surface area contributed by atoms with Gasteiger partial charge in [0.1, 0.15) is 5.78 Å². The molecule has 3 heteroatoms. The Kier molecular flexibility index (Phi) is 4.94. The molecule has 2 atom stereocenters. The van der Waals surface area contributed by atoms with Gasteiger partial charge in [-0.3, -0.25) is 4.79 Å². The summed E-state index contributed by atoms with van der Waals surface area (Å²) >= 11 is 0. The summed E-state index contributed by atoms with van der Waals surface area (Å²) in [6.45, 7) is 2.22. The van der Waals surface area contributed by atoms with E-state index in [0.29, 0.717) is 11.7 Å². The van der Waals surface area contributed by atoms with Crippen LogP contribution in [0.4, 0.5) is 0 Å². The molecule has 1 aromatic heterocycles. The quantitative estimate of drug-likeness (QED) is 0.815. The highest BCUT2D eigenvalue weighted by Crippen LogP contribution is 2.32. The van der Waals surface area contributed by atoms with Crippen molar-refractivity contribution in [1.82, 2.24) is 4.98 Å². The molecule has 1 saturated carbocycles. The minimum atomic E-state index is 0.156. The van der Waals surface area contributed by atoms with E-state index in [0.717, 1.165) is 37.2 Å². The number of aromatic nitrogens is 1. The molecule has 1 heterocycles. The number of hydrogen-bond donors (Lipinski definition) is 0. The van der Waals surface area contributed by atoms with Gasteiger partial charge in [0.2, 0.25) is 5.88 Å². The predicted molar refractivity (Wildman–Crippen MR) is 75.2 cm³/mol. The Balaban J connectivity index is 2.05. The number of hydrogen-bond acceptors (Lipinski definition) is 3. The molecule has 2 unspecified atom stereocenters. The molecular formula is C16H23NO2. The van der Waals surface area contributed by atoms with Crippen LogP contribution in [0.25, 0.3) is 0 Å². The first-order chi connectivity index (χ1) is 9.24. The van der Waals surface area contributed by atoms with E-state index in [9.17, 15) is 4.79 Å². The monoisotopic (exact) mass is 261 g/mol. The Hall–Kier alpha value is -1.38. The molecule has 3 nitrogen and oxygen atoms in total. The molecule has 1 aliphatic carbocycles. The van der Waals surface area contributed by atoms with E-state index in [-0.39, 0.29) is 5.92 Å². The van der Waals surface area contributed by atoms with Gasteiger partial charge < -0.3 is 4.74 Å². The molecular weight excluding hydrogens is 238 g/mol. The average Bonchev–Trinajstić information content (AvgIpc) is 2.43. The molecule has 0 aliphatic heterocycles. The smallest absolute Gasteiger partial charge is 0.216 e. The molecule has 0 spiro atoms. The lowest BCUT2D eigenvalue weighted by Crippen LogP contribution is -2.26. The van der Waals surface area contributed by atoms with Crippen molar-refractivity contribution in [3.63, 3.8) is 0 Å². The van der Waals surface area contributed by atoms with Crippen LogP contribution >= 0.6 is 0 Å². The zero-order chi connectivity index (χ0) is 13.7. The molecule has 1 fully saturated rings. The third-order valence-corrected chi connectivity index (χ3v) is 4.08. The number of carbonyl (C=O) groups is 1. The SMILES string of the molecule is CCCC1CCC(=O)C(Cc2cccnc2OC)C1. The largest absolute Gasteiger partial charge is 0.481 e. The molecule has 1 aromatic rings. The first-order valence-electron chi connectivity index (χ1n) is 7.25. The second-order valence-electron chi connectivity index (χ2n) is 5.47. The number of nitrogens with zero attached hydrogens (tertiary/aromatic N) is 1. The summed E-state index contributed by atoms with van der Waals surface area (Å²) in [5, 5.41) is 0. The zero-order valence-corrected chi connectivity index (χ0v) is 11.9. The Bertz CT molecular complexity index is 431. The Labute approximate surface area is 115 Å². The molecule has 0 aromatic carbocycles. The van der Waals surface area contributed by atoms with Crippen molar-refractivity contribution in [1.29, 1.82) is 0 Å². The number of carbonyl (C=O) groups excluding carboxylic acids is 1. The van der Waals surface area contributed by atoms with Crippen LogP contribution in [0.15, 0.2) is 18.3 Å². The fraction of sp³-hybridized carbons (Fsp3) is 0.625. The fourth-order valence-corrected chi connectivity index (χ4v) is 3.10. The normalized spacial score (nSPS) is 23.4. The van der Waals surface area contributed by atoms with Gasteiger partial charge in [-0.1, -0.05) is 25.8 Å². The minimum absolute atomic E-state index is 0.156. The topological polar surface area (TPSA) is 39.2 Å². The maximum absolute atomic E-state index is 12.1. The summed E-state index contributed by atoms with van der Waals surface area (Å²) in [5.74, 6) is 1.95. The highest BCUT2D eigenvalue weighted by Gasteiger charge is 2.29. The summed E-state index contributed by atoms with van der Waals surface area (Å²) in [6, 6.07) is 3.93. The van der Waals surface area contributed by atoms with Gasteiger partial charge in [0.05, 0.1) is 7.11 Å². The lowest BCUT2D eigenvalue weighted by Gasteiger charge is -2.28. The highest BCUT2D eigenvalue weighted by molar-refractivity contribution is 5.82. The molecule has 1 aliphatic rings. The van der Waals surface area contributed by atoms with Crippen molar-refractivity contribution in [2.45, 2.75) is 45.4 Å². The molecule has 2 rings (SSSR count). The molecule has 0 N–H and O–H groups in total. The van der Waals surface area contributed by atoms with E-state index >= 15 is 0 Å². The second-order valence-corrected chi connectivity index (χ2v) is 5.47. The molecule has 104 valence electrons. The standard InChI is InChI=1S/C16H23NO2/c1-3-5-12-7-8-15(18)14(10-12)11-13-6-4-9-17-16(13)19-2/h4,6,9,12,14H,3,5,7-8,10-11H2,1-2H3. The van der Waals surface area contributed by atoms with Gasteiger partial charge >= 0.3 is 0 Å². The molecule has 0 radical (unpaired) electrons. The number of ether oxygens (including phenoxy) is 1. The van der Waals surface area contributed by atoms with E-state index in [1.54, 1.807) is 13.3 Å². The van der Waals surface area contributed by atoms with Crippen LogP contribution in [0.1, 0.15) is 44.6 Å². The third kappa shape index (κ3) is 3.55. The number of ketones is 1. The minimum Gasteiger partial charge on any atom is -0.481 e. The van der Waals surface area contributed by atoms with Crippen LogP contribution < -0.4 is 4.74 Å². The average molecular weight is 261 g/mol. The first-order valence-corrected chi connectivity index (χ1v) is 7.25. The molecule has 0 bridgehead atoms. The predicted octanol–water partition coefficient (Wildman–Crippen LogP) is 3.42. The van der Waals surface area contributed by atoms with Gasteiger partial charge in [-0.15, -0.1) is 0 Å². The maximum Gasteiger partial charge on any atom is 0.216 e. The van der Waals surface area contributed by atoms with Gasteiger partial charge in [-0.25, -0.2) is 4.98 Å². The van der Waals surface area contributed by atoms with E-state index in [1.165, 1.54) is 12.8 Å². The third-order valence-electron chi connectivity index (χ3n) is 4.08. The first kappa shape index (κ1) is 14.0. The van der Waals surface area contributed by atoms with Gasteiger partial charge in [0.15, 0.2) is 0 Å². The van der Waals surface area contributed by atoms with Crippen LogP contribution in [0, 0.1) is 11.8 Å². The van der Waals surface area contributed by atoms with Crippen molar-refractivity contribution >= 4 is 5.78 Å². The fourth-order valence-electron chi connectivity index (χ4n) is 3.10. The van der Waals surface area contributed by atoms with Gasteiger partial charge in [-0.05, 0) is 31.2 Å². The van der Waals surface area contributed by atoms with E-state index in [4.69, 9.17) is 4.74 Å². The van der Waals surface area contributed by atoms with Crippen molar-refractivity contribution in [2.75, 3.05) is 7.11 Å². The van der Waals surface area contributed by atoms with Crippen LogP contribution in [0.2, 0.25) is 0 Å². The van der Waals surface area contributed by atoms with Crippen LogP contribution in [-0.4, -0.2) is 17.9 Å². The van der Waals surface area contributed by atoms with Crippen LogP contribution in [0.3, 0.4) is 0 Å². The Morgan fingerprint density at radius 3 is 3.05 bits per heavy atom. The summed E-state index contributed by atoms with van der Waals surface area (Å²) in [7, 11) is 1.63. The van der Waals surface area contributed by atoms with E-state index in [2.05, 4.69) is 11.9 Å². The number of rotatable bonds is 5. The molecule has 0 amide bonds. The van der Waals surface area contributed by atoms with Gasteiger partial charge in [0.25, 0.3) is 0 Å². The van der Waals surface area contributed by atoms with E-state index < -0.39 is 0 Å². The van der Waals surface area contributed by atoms with Crippen molar-refractivity contribution in [2.24, 2.45) is 11.8 Å². The van der Waals surface area contributed by atoms with Gasteiger partial charge in [0, 0.05) is 24.1 Å². The summed E-state index contributed by atoms with van der Waals surface area (Å²) in [5.41, 5.74) is 1.06. The van der Waals surface area contributed by atoms with Crippen molar-refractivity contribution in [3.8, 4) is 5.88 Å². The lowest BCUT2D eigenvalue weighted by atomic mass is 9.76.